The standard InChI is InChI=1S/C23H23NO4S2/c1-14-6-5-7-16(10-14)28-12-15-11-19(29-13-15)21(25)24-22-20(23(26)27-2)17-8-3-4-9-18(17)30-22/h5-7,10-11,13H,3-4,8-9,12H2,1-2H3,(H,24,25). The van der Waals surface area contributed by atoms with Gasteiger partial charge in [-0.2, -0.15) is 0 Å². The summed E-state index contributed by atoms with van der Waals surface area (Å²) in [5, 5.41) is 5.45. The quantitative estimate of drug-likeness (QED) is 0.505. The molecular formula is C23H23NO4S2. The van der Waals surface area contributed by atoms with Gasteiger partial charge in [-0.3, -0.25) is 4.79 Å². The minimum Gasteiger partial charge on any atom is -0.489 e. The fraction of sp³-hybridized carbons (Fsp3) is 0.304. The van der Waals surface area contributed by atoms with Crippen LogP contribution in [0.5, 0.6) is 5.75 Å². The molecule has 0 atom stereocenters. The largest absolute Gasteiger partial charge is 0.489 e. The number of fused-ring (bicyclic) bond motifs is 1. The predicted octanol–water partition coefficient (Wildman–Crippen LogP) is 5.61. The van der Waals surface area contributed by atoms with E-state index in [9.17, 15) is 9.59 Å². The zero-order valence-electron chi connectivity index (χ0n) is 16.9. The third-order valence-electron chi connectivity index (χ3n) is 5.06. The van der Waals surface area contributed by atoms with Crippen molar-refractivity contribution in [2.45, 2.75) is 39.2 Å². The van der Waals surface area contributed by atoms with Gasteiger partial charge in [0, 0.05) is 10.4 Å². The molecule has 1 N–H and O–H groups in total. The smallest absolute Gasteiger partial charge is 0.341 e. The van der Waals surface area contributed by atoms with Crippen LogP contribution in [0.1, 0.15) is 54.4 Å². The van der Waals surface area contributed by atoms with E-state index < -0.39 is 0 Å². The van der Waals surface area contributed by atoms with Gasteiger partial charge in [0.15, 0.2) is 0 Å². The summed E-state index contributed by atoms with van der Waals surface area (Å²) in [4.78, 5) is 26.9. The summed E-state index contributed by atoms with van der Waals surface area (Å²) in [6.45, 7) is 2.42. The second kappa shape index (κ2) is 9.02. The van der Waals surface area contributed by atoms with E-state index >= 15 is 0 Å². The maximum absolute atomic E-state index is 12.8. The molecule has 1 amide bonds. The average Bonchev–Trinajstić information content (AvgIpc) is 3.36. The van der Waals surface area contributed by atoms with Crippen molar-refractivity contribution >= 4 is 39.6 Å². The maximum Gasteiger partial charge on any atom is 0.341 e. The topological polar surface area (TPSA) is 64.6 Å². The van der Waals surface area contributed by atoms with Crippen LogP contribution in [0.2, 0.25) is 0 Å². The number of ether oxygens (including phenoxy) is 2. The van der Waals surface area contributed by atoms with E-state index in [0.717, 1.165) is 48.1 Å². The minimum atomic E-state index is -0.386. The number of anilines is 1. The van der Waals surface area contributed by atoms with Gasteiger partial charge in [0.2, 0.25) is 0 Å². The van der Waals surface area contributed by atoms with Crippen molar-refractivity contribution in [3.63, 3.8) is 0 Å². The molecule has 2 aromatic heterocycles. The van der Waals surface area contributed by atoms with Crippen molar-refractivity contribution in [1.29, 1.82) is 0 Å². The molecule has 7 heteroatoms. The first kappa shape index (κ1) is 20.6. The lowest BCUT2D eigenvalue weighted by atomic mass is 9.95. The molecule has 0 fully saturated rings. The number of benzene rings is 1. The van der Waals surface area contributed by atoms with Crippen LogP contribution in [0.4, 0.5) is 5.00 Å². The summed E-state index contributed by atoms with van der Waals surface area (Å²) in [5.74, 6) is 0.202. The van der Waals surface area contributed by atoms with Crippen molar-refractivity contribution in [3.05, 3.63) is 67.7 Å². The lowest BCUT2D eigenvalue weighted by Crippen LogP contribution is -2.14. The van der Waals surface area contributed by atoms with E-state index in [-0.39, 0.29) is 11.9 Å². The lowest BCUT2D eigenvalue weighted by Gasteiger charge is -2.11. The van der Waals surface area contributed by atoms with Crippen LogP contribution in [0.15, 0.2) is 35.7 Å². The Hall–Kier alpha value is -2.64. The SMILES string of the molecule is COC(=O)c1c(NC(=O)c2cc(COc3cccc(C)c3)cs2)sc2c1CCCC2. The van der Waals surface area contributed by atoms with Crippen molar-refractivity contribution in [2.24, 2.45) is 0 Å². The fourth-order valence-electron chi connectivity index (χ4n) is 3.58. The Morgan fingerprint density at radius 2 is 2.00 bits per heavy atom. The van der Waals surface area contributed by atoms with E-state index in [1.54, 1.807) is 0 Å². The highest BCUT2D eigenvalue weighted by Crippen LogP contribution is 2.39. The molecule has 30 heavy (non-hydrogen) atoms. The van der Waals surface area contributed by atoms with Crippen LogP contribution in [0, 0.1) is 6.92 Å². The van der Waals surface area contributed by atoms with Gasteiger partial charge in [0.25, 0.3) is 5.91 Å². The third kappa shape index (κ3) is 4.42. The number of esters is 1. The molecule has 0 unspecified atom stereocenters. The minimum absolute atomic E-state index is 0.217. The number of aryl methyl sites for hydroxylation is 2. The Balaban J connectivity index is 1.47. The highest BCUT2D eigenvalue weighted by molar-refractivity contribution is 7.17. The van der Waals surface area contributed by atoms with Crippen LogP contribution in [-0.4, -0.2) is 19.0 Å². The molecule has 0 radical (unpaired) electrons. The molecule has 1 aliphatic carbocycles. The number of hydrogen-bond donors (Lipinski definition) is 1. The number of amides is 1. The number of methoxy groups -OCH3 is 1. The molecule has 1 aromatic carbocycles. The van der Waals surface area contributed by atoms with Crippen LogP contribution in [0.25, 0.3) is 0 Å². The summed E-state index contributed by atoms with van der Waals surface area (Å²) >= 11 is 2.86. The molecule has 2 heterocycles. The molecule has 1 aliphatic rings. The molecule has 0 bridgehead atoms. The average molecular weight is 442 g/mol. The monoisotopic (exact) mass is 441 g/mol. The summed E-state index contributed by atoms with van der Waals surface area (Å²) in [5.41, 5.74) is 3.63. The predicted molar refractivity (Wildman–Crippen MR) is 120 cm³/mol. The van der Waals surface area contributed by atoms with Gasteiger partial charge < -0.3 is 14.8 Å². The van der Waals surface area contributed by atoms with Crippen LogP contribution in [0.3, 0.4) is 0 Å². The molecule has 4 rings (SSSR count). The van der Waals surface area contributed by atoms with Gasteiger partial charge in [0.1, 0.15) is 17.4 Å². The Labute approximate surface area is 183 Å². The molecular weight excluding hydrogens is 418 g/mol. The molecule has 0 saturated carbocycles. The van der Waals surface area contributed by atoms with Crippen molar-refractivity contribution in [1.82, 2.24) is 0 Å². The Kier molecular flexibility index (Phi) is 6.20. The summed E-state index contributed by atoms with van der Waals surface area (Å²) < 4.78 is 10.8. The first-order valence-electron chi connectivity index (χ1n) is 9.86. The van der Waals surface area contributed by atoms with Gasteiger partial charge in [0.05, 0.1) is 17.6 Å². The molecule has 156 valence electrons. The first-order chi connectivity index (χ1) is 14.5. The van der Waals surface area contributed by atoms with Crippen molar-refractivity contribution in [3.8, 4) is 5.75 Å². The molecule has 0 aliphatic heterocycles. The zero-order chi connectivity index (χ0) is 21.1. The van der Waals surface area contributed by atoms with Gasteiger partial charge >= 0.3 is 5.97 Å². The first-order valence-corrected chi connectivity index (χ1v) is 11.6. The van der Waals surface area contributed by atoms with Crippen molar-refractivity contribution in [2.75, 3.05) is 12.4 Å². The molecule has 0 spiro atoms. The lowest BCUT2D eigenvalue weighted by molar-refractivity contribution is 0.0601. The van der Waals surface area contributed by atoms with Crippen molar-refractivity contribution < 1.29 is 19.1 Å². The van der Waals surface area contributed by atoms with E-state index in [2.05, 4.69) is 5.32 Å². The number of rotatable bonds is 6. The number of carbonyl (C=O) groups is 2. The van der Waals surface area contributed by atoms with Crippen LogP contribution in [-0.2, 0) is 24.2 Å². The Morgan fingerprint density at radius 3 is 2.80 bits per heavy atom. The maximum atomic E-state index is 12.8. The van der Waals surface area contributed by atoms with Crippen LogP contribution < -0.4 is 10.1 Å². The van der Waals surface area contributed by atoms with Gasteiger partial charge in [-0.15, -0.1) is 22.7 Å². The van der Waals surface area contributed by atoms with Gasteiger partial charge in [-0.25, -0.2) is 4.79 Å². The number of nitrogens with one attached hydrogen (secondary N) is 1. The Bertz CT molecular complexity index is 1080. The molecule has 3 aromatic rings. The van der Waals surface area contributed by atoms with Gasteiger partial charge in [-0.1, -0.05) is 12.1 Å². The Morgan fingerprint density at radius 1 is 1.17 bits per heavy atom. The highest BCUT2D eigenvalue weighted by atomic mass is 32.1. The van der Waals surface area contributed by atoms with Crippen LogP contribution >= 0.6 is 22.7 Å². The third-order valence-corrected chi connectivity index (χ3v) is 7.25. The summed E-state index contributed by atoms with van der Waals surface area (Å²) in [7, 11) is 1.38. The fourth-order valence-corrected chi connectivity index (χ4v) is 5.64. The summed E-state index contributed by atoms with van der Waals surface area (Å²) in [6, 6.07) is 9.70. The number of carbonyl (C=O) groups excluding carboxylic acids is 2. The normalized spacial score (nSPS) is 12.9. The number of hydrogen-bond acceptors (Lipinski definition) is 6. The van der Waals surface area contributed by atoms with E-state index in [4.69, 9.17) is 9.47 Å². The van der Waals surface area contributed by atoms with E-state index in [0.29, 0.717) is 22.0 Å². The zero-order valence-corrected chi connectivity index (χ0v) is 18.6. The summed E-state index contributed by atoms with van der Waals surface area (Å²) in [6.07, 6.45) is 3.96. The molecule has 0 saturated heterocycles. The second-order valence-corrected chi connectivity index (χ2v) is 9.30. The van der Waals surface area contributed by atoms with E-state index in [1.165, 1.54) is 34.7 Å². The number of thiophene rings is 2. The van der Waals surface area contributed by atoms with Gasteiger partial charge in [-0.05, 0) is 67.3 Å². The second-order valence-electron chi connectivity index (χ2n) is 7.29. The highest BCUT2D eigenvalue weighted by Gasteiger charge is 2.27. The van der Waals surface area contributed by atoms with E-state index in [1.807, 2.05) is 42.6 Å². The molecule has 5 nitrogen and oxygen atoms in total.